The molecule has 2 N–H and O–H groups in total. The van der Waals surface area contributed by atoms with Gasteiger partial charge in [0.2, 0.25) is 5.91 Å². The molecular weight excluding hydrogens is 383 g/mol. The topological polar surface area (TPSA) is 66.0 Å². The molecule has 1 amide bonds. The van der Waals surface area contributed by atoms with Gasteiger partial charge in [0.1, 0.15) is 0 Å². The Morgan fingerprint density at radius 2 is 2.14 bits per heavy atom. The first-order valence-corrected chi connectivity index (χ1v) is 7.50. The number of fused-ring (bicyclic) bond motifs is 2. The molecule has 6 nitrogen and oxygen atoms in total. The van der Waals surface area contributed by atoms with Gasteiger partial charge in [0.05, 0.1) is 24.8 Å². The number of hydrogen-bond donors (Lipinski definition) is 2. The zero-order valence-corrected chi connectivity index (χ0v) is 15.4. The van der Waals surface area contributed by atoms with Crippen molar-refractivity contribution < 1.29 is 9.53 Å². The number of nitrogens with zero attached hydrogens (tertiary/aromatic N) is 2. The number of amides is 1. The minimum atomic E-state index is 0. The third-order valence-corrected chi connectivity index (χ3v) is 3.87. The van der Waals surface area contributed by atoms with Crippen LogP contribution >= 0.6 is 24.0 Å². The van der Waals surface area contributed by atoms with E-state index in [0.29, 0.717) is 31.2 Å². The Balaban J connectivity index is 0.00000220. The highest BCUT2D eigenvalue weighted by Crippen LogP contribution is 2.34. The Morgan fingerprint density at radius 3 is 2.67 bits per heavy atom. The fourth-order valence-corrected chi connectivity index (χ4v) is 2.77. The molecule has 0 aromatic carbocycles. The first-order chi connectivity index (χ1) is 9.60. The molecule has 0 saturated carbocycles. The summed E-state index contributed by atoms with van der Waals surface area (Å²) in [5.41, 5.74) is 0. The van der Waals surface area contributed by atoms with Crippen LogP contribution in [0.2, 0.25) is 0 Å². The second-order valence-corrected chi connectivity index (χ2v) is 5.66. The summed E-state index contributed by atoms with van der Waals surface area (Å²) in [7, 11) is 3.53. The van der Waals surface area contributed by atoms with Crippen LogP contribution in [0.1, 0.15) is 32.6 Å². The Kier molecular flexibility index (Phi) is 7.72. The molecule has 2 aliphatic heterocycles. The van der Waals surface area contributed by atoms with Crippen LogP contribution in [0.15, 0.2) is 4.99 Å². The predicted octanol–water partition coefficient (Wildman–Crippen LogP) is 0.958. The molecule has 0 radical (unpaired) electrons. The predicted molar refractivity (Wildman–Crippen MR) is 94.1 cm³/mol. The van der Waals surface area contributed by atoms with Crippen molar-refractivity contribution in [3.8, 4) is 0 Å². The molecule has 2 heterocycles. The van der Waals surface area contributed by atoms with Crippen LogP contribution in [0.25, 0.3) is 0 Å². The Hall–Kier alpha value is -0.570. The second kappa shape index (κ2) is 8.77. The molecule has 7 heteroatoms. The fraction of sp³-hybridized carbons (Fsp3) is 0.857. The lowest BCUT2D eigenvalue weighted by molar-refractivity contribution is -0.128. The molecule has 0 spiro atoms. The first-order valence-electron chi connectivity index (χ1n) is 7.50. The van der Waals surface area contributed by atoms with Crippen LogP contribution < -0.4 is 10.6 Å². The van der Waals surface area contributed by atoms with Gasteiger partial charge in [-0.3, -0.25) is 9.79 Å². The summed E-state index contributed by atoms with van der Waals surface area (Å²) < 4.78 is 5.83. The number of guanidine groups is 1. The highest BCUT2D eigenvalue weighted by Gasteiger charge is 2.41. The van der Waals surface area contributed by atoms with Crippen LogP contribution in [-0.4, -0.2) is 62.2 Å². The lowest BCUT2D eigenvalue weighted by Gasteiger charge is -2.22. The highest BCUT2D eigenvalue weighted by molar-refractivity contribution is 14.0. The van der Waals surface area contributed by atoms with Crippen molar-refractivity contribution in [2.24, 2.45) is 4.99 Å². The van der Waals surface area contributed by atoms with Crippen molar-refractivity contribution in [3.63, 3.8) is 0 Å². The van der Waals surface area contributed by atoms with Gasteiger partial charge in [-0.2, -0.15) is 0 Å². The minimum absolute atomic E-state index is 0. The standard InChI is InChI=1S/C14H26N4O2.HI/c1-4-15-14(16-8-7-13(19)18(2)3)17-11-9-10-5-6-12(11)20-10;/h10-12H,4-9H2,1-3H3,(H2,15,16,17);1H. The first kappa shape index (κ1) is 18.5. The number of nitrogens with one attached hydrogen (secondary N) is 2. The van der Waals surface area contributed by atoms with E-state index in [4.69, 9.17) is 4.74 Å². The van der Waals surface area contributed by atoms with Crippen LogP contribution in [0.3, 0.4) is 0 Å². The van der Waals surface area contributed by atoms with Gasteiger partial charge in [0.15, 0.2) is 5.96 Å². The lowest BCUT2D eigenvalue weighted by Crippen LogP contribution is -2.47. The third kappa shape index (κ3) is 5.28. The Bertz CT molecular complexity index is 376. The quantitative estimate of drug-likeness (QED) is 0.403. The summed E-state index contributed by atoms with van der Waals surface area (Å²) in [5, 5.41) is 6.67. The molecular formula is C14H27IN4O2. The van der Waals surface area contributed by atoms with Gasteiger partial charge in [0, 0.05) is 27.1 Å². The molecule has 3 atom stereocenters. The molecule has 0 aromatic rings. The monoisotopic (exact) mass is 410 g/mol. The number of aliphatic imine (C=N–C) groups is 1. The van der Waals surface area contributed by atoms with E-state index in [9.17, 15) is 4.79 Å². The van der Waals surface area contributed by atoms with Crippen LogP contribution in [0, 0.1) is 0 Å². The fourth-order valence-electron chi connectivity index (χ4n) is 2.77. The molecule has 2 fully saturated rings. The van der Waals surface area contributed by atoms with E-state index in [-0.39, 0.29) is 29.9 Å². The zero-order chi connectivity index (χ0) is 14.5. The van der Waals surface area contributed by atoms with E-state index < -0.39 is 0 Å². The third-order valence-electron chi connectivity index (χ3n) is 3.87. The summed E-state index contributed by atoms with van der Waals surface area (Å²) in [6, 6.07) is 0.358. The van der Waals surface area contributed by atoms with Crippen LogP contribution in [0.5, 0.6) is 0 Å². The molecule has 3 unspecified atom stereocenters. The van der Waals surface area contributed by atoms with Gasteiger partial charge < -0.3 is 20.3 Å². The molecule has 21 heavy (non-hydrogen) atoms. The van der Waals surface area contributed by atoms with Crippen molar-refractivity contribution in [3.05, 3.63) is 0 Å². The van der Waals surface area contributed by atoms with Crippen molar-refractivity contribution in [2.45, 2.75) is 50.9 Å². The molecule has 2 saturated heterocycles. The minimum Gasteiger partial charge on any atom is -0.373 e. The SMILES string of the molecule is CCNC(=NCCC(=O)N(C)C)NC1CC2CCC1O2.I. The number of ether oxygens (including phenoxy) is 1. The van der Waals surface area contributed by atoms with Gasteiger partial charge in [-0.25, -0.2) is 0 Å². The maximum Gasteiger partial charge on any atom is 0.223 e. The maximum atomic E-state index is 11.5. The average Bonchev–Trinajstić information content (AvgIpc) is 3.00. The number of hydrogen-bond acceptors (Lipinski definition) is 3. The summed E-state index contributed by atoms with van der Waals surface area (Å²) in [6.07, 6.45) is 4.58. The van der Waals surface area contributed by atoms with Crippen LogP contribution in [-0.2, 0) is 9.53 Å². The largest absolute Gasteiger partial charge is 0.373 e. The van der Waals surface area contributed by atoms with Crippen LogP contribution in [0.4, 0.5) is 0 Å². The van der Waals surface area contributed by atoms with E-state index in [2.05, 4.69) is 15.6 Å². The summed E-state index contributed by atoms with van der Waals surface area (Å²) >= 11 is 0. The molecule has 0 aliphatic carbocycles. The maximum absolute atomic E-state index is 11.5. The van der Waals surface area contributed by atoms with E-state index in [1.165, 1.54) is 6.42 Å². The number of rotatable bonds is 5. The smallest absolute Gasteiger partial charge is 0.223 e. The van der Waals surface area contributed by atoms with Crippen molar-refractivity contribution in [2.75, 3.05) is 27.2 Å². The second-order valence-electron chi connectivity index (χ2n) is 5.66. The summed E-state index contributed by atoms with van der Waals surface area (Å²) in [4.78, 5) is 17.6. The molecule has 122 valence electrons. The van der Waals surface area contributed by atoms with Gasteiger partial charge in [0.25, 0.3) is 0 Å². The number of halogens is 1. The van der Waals surface area contributed by atoms with Gasteiger partial charge in [-0.1, -0.05) is 0 Å². The summed E-state index contributed by atoms with van der Waals surface area (Å²) in [5.74, 6) is 0.896. The van der Waals surface area contributed by atoms with Crippen molar-refractivity contribution in [1.29, 1.82) is 0 Å². The van der Waals surface area contributed by atoms with Crippen molar-refractivity contribution in [1.82, 2.24) is 15.5 Å². The van der Waals surface area contributed by atoms with Gasteiger partial charge in [-0.15, -0.1) is 24.0 Å². The Labute approximate surface area is 144 Å². The van der Waals surface area contributed by atoms with E-state index in [1.54, 1.807) is 19.0 Å². The molecule has 2 rings (SSSR count). The molecule has 2 bridgehead atoms. The van der Waals surface area contributed by atoms with E-state index >= 15 is 0 Å². The molecule has 0 aromatic heterocycles. The zero-order valence-electron chi connectivity index (χ0n) is 13.1. The lowest BCUT2D eigenvalue weighted by atomic mass is 9.96. The van der Waals surface area contributed by atoms with Crippen molar-refractivity contribution >= 4 is 35.8 Å². The molecule has 2 aliphatic rings. The Morgan fingerprint density at radius 1 is 1.38 bits per heavy atom. The van der Waals surface area contributed by atoms with Gasteiger partial charge in [-0.05, 0) is 26.2 Å². The van der Waals surface area contributed by atoms with E-state index in [1.807, 2.05) is 6.92 Å². The van der Waals surface area contributed by atoms with Gasteiger partial charge >= 0.3 is 0 Å². The highest BCUT2D eigenvalue weighted by atomic mass is 127. The number of carbonyl (C=O) groups is 1. The average molecular weight is 410 g/mol. The number of carbonyl (C=O) groups excluding carboxylic acids is 1. The normalized spacial score (nSPS) is 27.2. The van der Waals surface area contributed by atoms with E-state index in [0.717, 1.165) is 25.3 Å². The summed E-state index contributed by atoms with van der Waals surface area (Å²) in [6.45, 7) is 3.36.